The third-order valence-electron chi connectivity index (χ3n) is 3.59. The molecule has 0 bridgehead atoms. The molecular weight excluding hydrogens is 270 g/mol. The summed E-state index contributed by atoms with van der Waals surface area (Å²) in [7, 11) is 0. The number of piperidine rings is 1. The Balaban J connectivity index is 2.09. The predicted octanol–water partition coefficient (Wildman–Crippen LogP) is 1.42. The van der Waals surface area contributed by atoms with Crippen LogP contribution in [0.4, 0.5) is 11.4 Å². The molecule has 0 radical (unpaired) electrons. The number of nitrogens with one attached hydrogen (secondary N) is 1. The number of nitrogens with zero attached hydrogens (tertiary/aromatic N) is 1. The maximum Gasteiger partial charge on any atom is 0.305 e. The zero-order valence-corrected chi connectivity index (χ0v) is 11.9. The Morgan fingerprint density at radius 3 is 2.57 bits per heavy atom. The van der Waals surface area contributed by atoms with Crippen LogP contribution in [0.15, 0.2) is 24.3 Å². The molecule has 1 aromatic rings. The van der Waals surface area contributed by atoms with Gasteiger partial charge < -0.3 is 21.1 Å². The van der Waals surface area contributed by atoms with Gasteiger partial charge in [-0.3, -0.25) is 9.59 Å². The van der Waals surface area contributed by atoms with Crippen LogP contribution in [0.25, 0.3) is 0 Å². The minimum Gasteiger partial charge on any atom is -0.481 e. The first-order valence-corrected chi connectivity index (χ1v) is 7.20. The molecule has 6 heteroatoms. The number of carboxylic acids is 1. The smallest absolute Gasteiger partial charge is 0.305 e. The fourth-order valence-electron chi connectivity index (χ4n) is 2.50. The van der Waals surface area contributed by atoms with Gasteiger partial charge in [0.2, 0.25) is 5.91 Å². The summed E-state index contributed by atoms with van der Waals surface area (Å²) in [6, 6.07) is 6.50. The lowest BCUT2D eigenvalue weighted by atomic mass is 10.1. The maximum absolute atomic E-state index is 12.0. The number of benzene rings is 1. The SMILES string of the molecule is NC(CC(=O)O)C(=O)Nc1ccccc1N1CCCCC1. The van der Waals surface area contributed by atoms with E-state index in [0.29, 0.717) is 5.69 Å². The van der Waals surface area contributed by atoms with E-state index in [-0.39, 0.29) is 6.42 Å². The number of para-hydroxylation sites is 2. The average Bonchev–Trinajstić information content (AvgIpc) is 2.48. The molecule has 1 saturated heterocycles. The van der Waals surface area contributed by atoms with Crippen LogP contribution < -0.4 is 16.0 Å². The van der Waals surface area contributed by atoms with Gasteiger partial charge in [0, 0.05) is 13.1 Å². The van der Waals surface area contributed by atoms with E-state index in [9.17, 15) is 9.59 Å². The molecule has 1 aliphatic heterocycles. The highest BCUT2D eigenvalue weighted by Gasteiger charge is 2.20. The first-order chi connectivity index (χ1) is 10.1. The molecule has 1 aliphatic rings. The van der Waals surface area contributed by atoms with Crippen LogP contribution in [0.2, 0.25) is 0 Å². The molecule has 1 heterocycles. The van der Waals surface area contributed by atoms with Gasteiger partial charge >= 0.3 is 5.97 Å². The summed E-state index contributed by atoms with van der Waals surface area (Å²) < 4.78 is 0. The van der Waals surface area contributed by atoms with Crippen LogP contribution in [0.3, 0.4) is 0 Å². The molecule has 1 unspecified atom stereocenters. The Bertz CT molecular complexity index is 513. The van der Waals surface area contributed by atoms with E-state index in [1.54, 1.807) is 0 Å². The molecule has 114 valence electrons. The first kappa shape index (κ1) is 15.3. The van der Waals surface area contributed by atoms with Gasteiger partial charge in [0.05, 0.1) is 23.8 Å². The van der Waals surface area contributed by atoms with E-state index >= 15 is 0 Å². The Kier molecular flexibility index (Phi) is 5.16. The largest absolute Gasteiger partial charge is 0.481 e. The van der Waals surface area contributed by atoms with Gasteiger partial charge in [0.25, 0.3) is 0 Å². The normalized spacial score (nSPS) is 16.3. The molecule has 1 fully saturated rings. The number of anilines is 2. The maximum atomic E-state index is 12.0. The number of amides is 1. The summed E-state index contributed by atoms with van der Waals surface area (Å²) in [6.07, 6.45) is 3.13. The van der Waals surface area contributed by atoms with Gasteiger partial charge in [-0.2, -0.15) is 0 Å². The van der Waals surface area contributed by atoms with E-state index in [1.165, 1.54) is 6.42 Å². The molecule has 1 aromatic carbocycles. The Labute approximate surface area is 123 Å². The molecule has 21 heavy (non-hydrogen) atoms. The van der Waals surface area contributed by atoms with Crippen molar-refractivity contribution in [1.82, 2.24) is 0 Å². The van der Waals surface area contributed by atoms with Crippen molar-refractivity contribution >= 4 is 23.3 Å². The fraction of sp³-hybridized carbons (Fsp3) is 0.467. The van der Waals surface area contributed by atoms with E-state index in [1.807, 2.05) is 24.3 Å². The highest BCUT2D eigenvalue weighted by Crippen LogP contribution is 2.28. The third-order valence-corrected chi connectivity index (χ3v) is 3.59. The second-order valence-corrected chi connectivity index (χ2v) is 5.26. The van der Waals surface area contributed by atoms with Gasteiger partial charge in [-0.1, -0.05) is 12.1 Å². The van der Waals surface area contributed by atoms with Gasteiger partial charge in [0.1, 0.15) is 0 Å². The van der Waals surface area contributed by atoms with Gasteiger partial charge in [-0.25, -0.2) is 0 Å². The molecule has 0 aromatic heterocycles. The van der Waals surface area contributed by atoms with Crippen molar-refractivity contribution in [3.05, 3.63) is 24.3 Å². The minimum absolute atomic E-state index is 0.377. The quantitative estimate of drug-likeness (QED) is 0.762. The fourth-order valence-corrected chi connectivity index (χ4v) is 2.50. The van der Waals surface area contributed by atoms with E-state index in [4.69, 9.17) is 10.8 Å². The van der Waals surface area contributed by atoms with Crippen LogP contribution in [0, 0.1) is 0 Å². The molecule has 0 spiro atoms. The lowest BCUT2D eigenvalue weighted by Gasteiger charge is -2.30. The minimum atomic E-state index is -1.08. The van der Waals surface area contributed by atoms with Crippen molar-refractivity contribution in [3.63, 3.8) is 0 Å². The van der Waals surface area contributed by atoms with Crippen molar-refractivity contribution in [2.45, 2.75) is 31.7 Å². The van der Waals surface area contributed by atoms with Crippen molar-refractivity contribution in [2.24, 2.45) is 5.73 Å². The summed E-state index contributed by atoms with van der Waals surface area (Å²) in [5.41, 5.74) is 7.24. The molecule has 6 nitrogen and oxygen atoms in total. The lowest BCUT2D eigenvalue weighted by molar-refractivity contribution is -0.138. The molecule has 1 atom stereocenters. The first-order valence-electron chi connectivity index (χ1n) is 7.20. The summed E-state index contributed by atoms with van der Waals surface area (Å²) in [5, 5.41) is 11.4. The van der Waals surface area contributed by atoms with Gasteiger partial charge in [-0.05, 0) is 31.4 Å². The summed E-state index contributed by atoms with van der Waals surface area (Å²) in [5.74, 6) is -1.55. The van der Waals surface area contributed by atoms with E-state index in [2.05, 4.69) is 10.2 Å². The van der Waals surface area contributed by atoms with Gasteiger partial charge in [0.15, 0.2) is 0 Å². The molecular formula is C15H21N3O3. The predicted molar refractivity (Wildman–Crippen MR) is 81.4 cm³/mol. The van der Waals surface area contributed by atoms with Gasteiger partial charge in [-0.15, -0.1) is 0 Å². The average molecular weight is 291 g/mol. The number of hydrogen-bond acceptors (Lipinski definition) is 4. The monoisotopic (exact) mass is 291 g/mol. The number of nitrogens with two attached hydrogens (primary N) is 1. The zero-order valence-electron chi connectivity index (χ0n) is 11.9. The van der Waals surface area contributed by atoms with Crippen LogP contribution in [0.1, 0.15) is 25.7 Å². The third kappa shape index (κ3) is 4.19. The lowest BCUT2D eigenvalue weighted by Crippen LogP contribution is -2.38. The van der Waals surface area contributed by atoms with Crippen molar-refractivity contribution < 1.29 is 14.7 Å². The van der Waals surface area contributed by atoms with E-state index in [0.717, 1.165) is 31.6 Å². The second-order valence-electron chi connectivity index (χ2n) is 5.26. The molecule has 0 saturated carbocycles. The molecule has 1 amide bonds. The standard InChI is InChI=1S/C15H21N3O3/c16-11(10-14(19)20)15(21)17-12-6-2-3-7-13(12)18-8-4-1-5-9-18/h2-3,6-7,11H,1,4-5,8-10,16H2,(H,17,21)(H,19,20). The Hall–Kier alpha value is -2.08. The highest BCUT2D eigenvalue weighted by molar-refractivity contribution is 5.99. The van der Waals surface area contributed by atoms with Crippen molar-refractivity contribution in [2.75, 3.05) is 23.3 Å². The molecule has 4 N–H and O–H groups in total. The molecule has 2 rings (SSSR count). The van der Waals surface area contributed by atoms with E-state index < -0.39 is 17.9 Å². The summed E-state index contributed by atoms with van der Waals surface area (Å²) in [6.45, 7) is 1.93. The van der Waals surface area contributed by atoms with Crippen molar-refractivity contribution in [3.8, 4) is 0 Å². The van der Waals surface area contributed by atoms with Crippen LogP contribution in [-0.2, 0) is 9.59 Å². The number of carboxylic acid groups (broad SMARTS) is 1. The Morgan fingerprint density at radius 1 is 1.24 bits per heavy atom. The van der Waals surface area contributed by atoms with Crippen LogP contribution in [-0.4, -0.2) is 36.1 Å². The summed E-state index contributed by atoms with van der Waals surface area (Å²) in [4.78, 5) is 24.8. The molecule has 0 aliphatic carbocycles. The number of hydrogen-bond donors (Lipinski definition) is 3. The number of rotatable bonds is 5. The van der Waals surface area contributed by atoms with Crippen LogP contribution >= 0.6 is 0 Å². The number of carbonyl (C=O) groups is 2. The zero-order chi connectivity index (χ0) is 15.2. The topological polar surface area (TPSA) is 95.7 Å². The highest BCUT2D eigenvalue weighted by atomic mass is 16.4. The second kappa shape index (κ2) is 7.08. The Morgan fingerprint density at radius 2 is 1.90 bits per heavy atom. The van der Waals surface area contributed by atoms with Crippen molar-refractivity contribution in [1.29, 1.82) is 0 Å². The van der Waals surface area contributed by atoms with Crippen LogP contribution in [0.5, 0.6) is 0 Å². The summed E-state index contributed by atoms with van der Waals surface area (Å²) >= 11 is 0. The number of aliphatic carboxylic acids is 1. The number of carbonyl (C=O) groups excluding carboxylic acids is 1.